The Morgan fingerprint density at radius 2 is 2.00 bits per heavy atom. The fourth-order valence-corrected chi connectivity index (χ4v) is 3.79. The quantitative estimate of drug-likeness (QED) is 0.732. The number of aryl methyl sites for hydroxylation is 1. The van der Waals surface area contributed by atoms with Crippen molar-refractivity contribution in [2.45, 2.75) is 43.8 Å². The maximum absolute atomic E-state index is 12.5. The van der Waals surface area contributed by atoms with Crippen molar-refractivity contribution in [3.8, 4) is 0 Å². The van der Waals surface area contributed by atoms with Gasteiger partial charge in [-0.05, 0) is 24.5 Å². The van der Waals surface area contributed by atoms with E-state index in [2.05, 4.69) is 10.1 Å². The SMILES string of the molecule is Cn1cc(C(=O)N2CCC3(CC2)CC(OCc2cccnc2)CO3)cn1.O=C(O)C(F)(F)F. The predicted molar refractivity (Wildman–Crippen MR) is 108 cm³/mol. The van der Waals surface area contributed by atoms with Crippen LogP contribution < -0.4 is 0 Å². The van der Waals surface area contributed by atoms with Crippen molar-refractivity contribution in [1.29, 1.82) is 0 Å². The number of alkyl halides is 3. The second kappa shape index (κ2) is 10.3. The molecule has 1 atom stereocenters. The van der Waals surface area contributed by atoms with Crippen LogP contribution in [0.25, 0.3) is 0 Å². The Hall–Kier alpha value is -2.99. The van der Waals surface area contributed by atoms with Gasteiger partial charge < -0.3 is 19.5 Å². The largest absolute Gasteiger partial charge is 0.490 e. The number of aliphatic carboxylic acids is 1. The van der Waals surface area contributed by atoms with Crippen molar-refractivity contribution in [3.63, 3.8) is 0 Å². The van der Waals surface area contributed by atoms with Gasteiger partial charge in [0.25, 0.3) is 5.91 Å². The number of amides is 1. The van der Waals surface area contributed by atoms with Gasteiger partial charge in [-0.1, -0.05) is 6.07 Å². The van der Waals surface area contributed by atoms with Crippen molar-refractivity contribution in [2.75, 3.05) is 19.7 Å². The van der Waals surface area contributed by atoms with E-state index in [0.717, 1.165) is 24.8 Å². The molecular formula is C21H25F3N4O5. The fourth-order valence-electron chi connectivity index (χ4n) is 3.79. The number of piperidine rings is 1. The Labute approximate surface area is 188 Å². The average molecular weight is 470 g/mol. The number of carboxylic acids is 1. The zero-order valence-electron chi connectivity index (χ0n) is 18.0. The highest BCUT2D eigenvalue weighted by Crippen LogP contribution is 2.37. The standard InChI is InChI=1S/C19H24N4O3.C2HF3O2/c1-22-12-16(11-21-22)18(24)23-7-4-19(5-8-23)9-17(14-26-19)25-13-15-3-2-6-20-10-15;3-2(4,5)1(6)7/h2-3,6,10-12,17H,4-5,7-9,13-14H2,1H3;(H,6,7). The van der Waals surface area contributed by atoms with E-state index in [1.807, 2.05) is 30.3 Å². The molecule has 0 bridgehead atoms. The number of halogens is 3. The van der Waals surface area contributed by atoms with Gasteiger partial charge in [-0.3, -0.25) is 14.5 Å². The monoisotopic (exact) mass is 470 g/mol. The zero-order valence-corrected chi connectivity index (χ0v) is 18.0. The second-order valence-corrected chi connectivity index (χ2v) is 7.99. The van der Waals surface area contributed by atoms with Crippen molar-refractivity contribution in [3.05, 3.63) is 48.0 Å². The molecule has 9 nitrogen and oxygen atoms in total. The lowest BCUT2D eigenvalue weighted by Gasteiger charge is -2.38. The molecule has 1 amide bonds. The number of hydrogen-bond donors (Lipinski definition) is 1. The van der Waals surface area contributed by atoms with Crippen molar-refractivity contribution in [1.82, 2.24) is 19.7 Å². The van der Waals surface area contributed by atoms with Gasteiger partial charge in [0.1, 0.15) is 0 Å². The Kier molecular flexibility index (Phi) is 7.69. The smallest absolute Gasteiger partial charge is 0.475 e. The van der Waals surface area contributed by atoms with Gasteiger partial charge in [0, 0.05) is 45.1 Å². The minimum absolute atomic E-state index is 0.0512. The number of carbonyl (C=O) groups excluding carboxylic acids is 1. The molecule has 0 saturated carbocycles. The van der Waals surface area contributed by atoms with Crippen LogP contribution in [0.5, 0.6) is 0 Å². The third-order valence-electron chi connectivity index (χ3n) is 5.54. The number of aromatic nitrogens is 3. The van der Waals surface area contributed by atoms with E-state index in [1.165, 1.54) is 0 Å². The molecule has 180 valence electrons. The molecule has 0 aromatic carbocycles. The van der Waals surface area contributed by atoms with Gasteiger partial charge >= 0.3 is 12.1 Å². The summed E-state index contributed by atoms with van der Waals surface area (Å²) in [5.74, 6) is -2.71. The first-order valence-corrected chi connectivity index (χ1v) is 10.3. The minimum atomic E-state index is -5.08. The minimum Gasteiger partial charge on any atom is -0.475 e. The number of nitrogens with zero attached hydrogens (tertiary/aromatic N) is 4. The van der Waals surface area contributed by atoms with E-state index in [0.29, 0.717) is 31.9 Å². The maximum Gasteiger partial charge on any atom is 0.490 e. The first-order valence-electron chi connectivity index (χ1n) is 10.3. The van der Waals surface area contributed by atoms with Gasteiger partial charge in [-0.2, -0.15) is 18.3 Å². The molecular weight excluding hydrogens is 445 g/mol. The molecule has 4 rings (SSSR count). The first kappa shape index (κ1) is 24.6. The highest BCUT2D eigenvalue weighted by Gasteiger charge is 2.44. The second-order valence-electron chi connectivity index (χ2n) is 7.99. The van der Waals surface area contributed by atoms with E-state index < -0.39 is 12.1 Å². The molecule has 0 aliphatic carbocycles. The van der Waals surface area contributed by atoms with Gasteiger partial charge in [0.05, 0.1) is 36.7 Å². The molecule has 1 N–H and O–H groups in total. The summed E-state index contributed by atoms with van der Waals surface area (Å²) < 4.78 is 45.5. The molecule has 1 unspecified atom stereocenters. The molecule has 2 saturated heterocycles. The first-order chi connectivity index (χ1) is 15.6. The van der Waals surface area contributed by atoms with Gasteiger partial charge in [-0.15, -0.1) is 0 Å². The summed E-state index contributed by atoms with van der Waals surface area (Å²) in [7, 11) is 1.82. The molecule has 12 heteroatoms. The van der Waals surface area contributed by atoms with Gasteiger partial charge in [-0.25, -0.2) is 4.79 Å². The van der Waals surface area contributed by atoms with Crippen LogP contribution in [0.4, 0.5) is 13.2 Å². The molecule has 2 aromatic heterocycles. The Bertz CT molecular complexity index is 943. The van der Waals surface area contributed by atoms with Crippen molar-refractivity contribution in [2.24, 2.45) is 7.05 Å². The van der Waals surface area contributed by atoms with E-state index in [-0.39, 0.29) is 17.6 Å². The number of carbonyl (C=O) groups is 2. The van der Waals surface area contributed by atoms with Crippen LogP contribution >= 0.6 is 0 Å². The van der Waals surface area contributed by atoms with Crippen LogP contribution in [0.15, 0.2) is 36.9 Å². The summed E-state index contributed by atoms with van der Waals surface area (Å²) in [6, 6.07) is 3.93. The van der Waals surface area contributed by atoms with Crippen LogP contribution in [0, 0.1) is 0 Å². The summed E-state index contributed by atoms with van der Waals surface area (Å²) in [6.07, 6.45) is 4.60. The van der Waals surface area contributed by atoms with E-state index in [4.69, 9.17) is 19.4 Å². The van der Waals surface area contributed by atoms with E-state index in [9.17, 15) is 18.0 Å². The van der Waals surface area contributed by atoms with Crippen LogP contribution in [0.1, 0.15) is 35.2 Å². The van der Waals surface area contributed by atoms with Crippen LogP contribution in [-0.4, -0.2) is 74.2 Å². The van der Waals surface area contributed by atoms with Gasteiger partial charge in [0.2, 0.25) is 0 Å². The fraction of sp³-hybridized carbons (Fsp3) is 0.524. The Balaban J connectivity index is 0.000000383. The molecule has 1 spiro atoms. The number of rotatable bonds is 4. The molecule has 2 aliphatic rings. The highest BCUT2D eigenvalue weighted by atomic mass is 19.4. The van der Waals surface area contributed by atoms with Crippen LogP contribution in [-0.2, 0) is 27.9 Å². The summed E-state index contributed by atoms with van der Waals surface area (Å²) in [4.78, 5) is 27.4. The van der Waals surface area contributed by atoms with E-state index >= 15 is 0 Å². The number of carboxylic acid groups (broad SMARTS) is 1. The highest BCUT2D eigenvalue weighted by molar-refractivity contribution is 5.93. The lowest BCUT2D eigenvalue weighted by Crippen LogP contribution is -2.46. The molecule has 2 fully saturated rings. The lowest BCUT2D eigenvalue weighted by atomic mass is 9.88. The third-order valence-corrected chi connectivity index (χ3v) is 5.54. The molecule has 33 heavy (non-hydrogen) atoms. The third kappa shape index (κ3) is 6.75. The summed E-state index contributed by atoms with van der Waals surface area (Å²) in [6.45, 7) is 2.60. The zero-order chi connectivity index (χ0) is 24.1. The van der Waals surface area contributed by atoms with Crippen LogP contribution in [0.3, 0.4) is 0 Å². The summed E-state index contributed by atoms with van der Waals surface area (Å²) in [5, 5.41) is 11.2. The Morgan fingerprint density at radius 3 is 2.55 bits per heavy atom. The molecule has 4 heterocycles. The van der Waals surface area contributed by atoms with Gasteiger partial charge in [0.15, 0.2) is 0 Å². The summed E-state index contributed by atoms with van der Waals surface area (Å²) in [5.41, 5.74) is 1.57. The molecule has 0 radical (unpaired) electrons. The van der Waals surface area contributed by atoms with Crippen LogP contribution in [0.2, 0.25) is 0 Å². The predicted octanol–water partition coefficient (Wildman–Crippen LogP) is 2.43. The molecule has 2 aromatic rings. The number of ether oxygens (including phenoxy) is 2. The average Bonchev–Trinajstić information content (AvgIpc) is 3.39. The normalized spacial score (nSPS) is 19.8. The van der Waals surface area contributed by atoms with Crippen molar-refractivity contribution < 1.29 is 37.3 Å². The lowest BCUT2D eigenvalue weighted by molar-refractivity contribution is -0.192. The van der Waals surface area contributed by atoms with E-state index in [1.54, 1.807) is 23.3 Å². The summed E-state index contributed by atoms with van der Waals surface area (Å²) >= 11 is 0. The number of pyridine rings is 1. The number of likely N-dealkylation sites (tertiary alicyclic amines) is 1. The topological polar surface area (TPSA) is 107 Å². The van der Waals surface area contributed by atoms with Crippen molar-refractivity contribution >= 4 is 11.9 Å². The number of hydrogen-bond acceptors (Lipinski definition) is 6. The maximum atomic E-state index is 12.5. The Morgan fingerprint density at radius 1 is 1.30 bits per heavy atom. The molecule has 2 aliphatic heterocycles.